The lowest BCUT2D eigenvalue weighted by molar-refractivity contribution is -0.116. The largest absolute Gasteiger partial charge is 0.323 e. The molecule has 0 saturated carbocycles. The van der Waals surface area contributed by atoms with Gasteiger partial charge in [-0.15, -0.1) is 4.91 Å². The van der Waals surface area contributed by atoms with Crippen molar-refractivity contribution in [1.29, 1.82) is 0 Å². The molecule has 0 spiro atoms. The molecule has 0 aliphatic carbocycles. The third-order valence-electron chi connectivity index (χ3n) is 5.88. The summed E-state index contributed by atoms with van der Waals surface area (Å²) in [6.45, 7) is 9.14. The number of hydrogen-bond acceptors (Lipinski definition) is 4. The second-order valence-corrected chi connectivity index (χ2v) is 7.21. The maximum atomic E-state index is 12.2. The average Bonchev–Trinajstić information content (AvgIpc) is 2.98. The average molecular weight is 349 g/mol. The lowest BCUT2D eigenvalue weighted by Gasteiger charge is -2.31. The summed E-state index contributed by atoms with van der Waals surface area (Å²) in [5.74, 6) is -0.316. The van der Waals surface area contributed by atoms with Crippen molar-refractivity contribution in [1.82, 2.24) is 4.90 Å². The maximum absolute atomic E-state index is 12.2. The van der Waals surface area contributed by atoms with Gasteiger partial charge in [-0.05, 0) is 66.3 Å². The van der Waals surface area contributed by atoms with Crippen LogP contribution in [0, 0.1) is 18.8 Å². The van der Waals surface area contributed by atoms with E-state index in [-0.39, 0.29) is 5.91 Å². The SMILES string of the molecule is CCN1CCc2c(-c3cccc(C)c3C)cc3c(c2C1)NC(=O)C3N=O. The molecule has 1 N–H and O–H groups in total. The highest BCUT2D eigenvalue weighted by Crippen LogP contribution is 2.44. The van der Waals surface area contributed by atoms with Gasteiger partial charge < -0.3 is 5.32 Å². The van der Waals surface area contributed by atoms with Crippen LogP contribution in [0.15, 0.2) is 29.4 Å². The zero-order chi connectivity index (χ0) is 18.4. The third-order valence-corrected chi connectivity index (χ3v) is 5.88. The van der Waals surface area contributed by atoms with E-state index >= 15 is 0 Å². The number of nitrogens with one attached hydrogen (secondary N) is 1. The molecule has 5 heteroatoms. The van der Waals surface area contributed by atoms with Crippen molar-refractivity contribution in [2.45, 2.75) is 39.8 Å². The van der Waals surface area contributed by atoms with Crippen molar-refractivity contribution in [3.05, 3.63) is 57.0 Å². The van der Waals surface area contributed by atoms with Gasteiger partial charge in [0, 0.05) is 18.7 Å². The highest BCUT2D eigenvalue weighted by Gasteiger charge is 2.37. The molecule has 4 rings (SSSR count). The highest BCUT2D eigenvalue weighted by atomic mass is 16.3. The molecule has 0 bridgehead atoms. The highest BCUT2D eigenvalue weighted by molar-refractivity contribution is 6.04. The summed E-state index contributed by atoms with van der Waals surface area (Å²) in [4.78, 5) is 25.9. The smallest absolute Gasteiger partial charge is 0.257 e. The number of carbonyl (C=O) groups is 1. The summed E-state index contributed by atoms with van der Waals surface area (Å²) in [5, 5.41) is 6.01. The standard InChI is InChI=1S/C21H23N3O2/c1-4-24-9-8-15-16(14-7-5-6-12(2)13(14)3)10-17-19(18(15)11-24)22-21(25)20(17)23-26/h5-7,10,20H,4,8-9,11H2,1-3H3,(H,22,25). The fourth-order valence-electron chi connectivity index (χ4n) is 4.19. The molecule has 5 nitrogen and oxygen atoms in total. The van der Waals surface area contributed by atoms with E-state index < -0.39 is 6.04 Å². The van der Waals surface area contributed by atoms with Gasteiger partial charge in [0.2, 0.25) is 0 Å². The molecule has 2 aliphatic heterocycles. The minimum absolute atomic E-state index is 0.316. The Morgan fingerprint density at radius 1 is 1.23 bits per heavy atom. The predicted octanol–water partition coefficient (Wildman–Crippen LogP) is 4.11. The quantitative estimate of drug-likeness (QED) is 0.848. The van der Waals surface area contributed by atoms with Crippen LogP contribution < -0.4 is 5.32 Å². The number of anilines is 1. The number of fused-ring (bicyclic) bond motifs is 3. The van der Waals surface area contributed by atoms with Gasteiger partial charge in [-0.2, -0.15) is 0 Å². The molecule has 26 heavy (non-hydrogen) atoms. The van der Waals surface area contributed by atoms with Crippen LogP contribution in [0.25, 0.3) is 11.1 Å². The van der Waals surface area contributed by atoms with Crippen molar-refractivity contribution in [2.24, 2.45) is 5.18 Å². The molecular formula is C21H23N3O2. The first-order chi connectivity index (χ1) is 12.5. The molecule has 2 heterocycles. The van der Waals surface area contributed by atoms with Crippen LogP contribution in [0.2, 0.25) is 0 Å². The Labute approximate surface area is 153 Å². The van der Waals surface area contributed by atoms with E-state index in [0.29, 0.717) is 0 Å². The Balaban J connectivity index is 1.99. The second kappa shape index (κ2) is 6.32. The number of benzene rings is 2. The molecule has 1 amide bonds. The molecule has 0 radical (unpaired) electrons. The summed E-state index contributed by atoms with van der Waals surface area (Å²) < 4.78 is 0. The molecule has 134 valence electrons. The van der Waals surface area contributed by atoms with Gasteiger partial charge in [0.15, 0.2) is 6.04 Å². The molecule has 1 atom stereocenters. The van der Waals surface area contributed by atoms with Crippen molar-refractivity contribution >= 4 is 11.6 Å². The van der Waals surface area contributed by atoms with Crippen LogP contribution in [0.4, 0.5) is 5.69 Å². The Bertz CT molecular complexity index is 920. The normalized spacial score (nSPS) is 19.0. The molecule has 2 aliphatic rings. The van der Waals surface area contributed by atoms with Crippen LogP contribution in [0.5, 0.6) is 0 Å². The van der Waals surface area contributed by atoms with Crippen LogP contribution in [0.1, 0.15) is 40.8 Å². The molecule has 1 unspecified atom stereocenters. The predicted molar refractivity (Wildman–Crippen MR) is 103 cm³/mol. The number of likely N-dealkylation sites (N-methyl/N-ethyl adjacent to an activating group) is 1. The van der Waals surface area contributed by atoms with Crippen molar-refractivity contribution in [3.63, 3.8) is 0 Å². The summed E-state index contributed by atoms with van der Waals surface area (Å²) in [6.07, 6.45) is 0.939. The minimum Gasteiger partial charge on any atom is -0.323 e. The number of rotatable bonds is 3. The molecule has 0 fully saturated rings. The van der Waals surface area contributed by atoms with Gasteiger partial charge in [-0.3, -0.25) is 9.69 Å². The number of nitroso groups, excluding NO2 is 1. The minimum atomic E-state index is -0.948. The molecule has 0 aromatic heterocycles. The van der Waals surface area contributed by atoms with Crippen molar-refractivity contribution in [3.8, 4) is 11.1 Å². The van der Waals surface area contributed by atoms with Gasteiger partial charge in [0.05, 0.1) is 5.69 Å². The Morgan fingerprint density at radius 3 is 2.77 bits per heavy atom. The van der Waals surface area contributed by atoms with E-state index in [1.807, 2.05) is 6.07 Å². The summed E-state index contributed by atoms with van der Waals surface area (Å²) >= 11 is 0. The number of carbonyl (C=O) groups excluding carboxylic acids is 1. The summed E-state index contributed by atoms with van der Waals surface area (Å²) in [6, 6.07) is 7.37. The van der Waals surface area contributed by atoms with E-state index in [0.717, 1.165) is 48.4 Å². The van der Waals surface area contributed by atoms with E-state index in [1.165, 1.54) is 22.3 Å². The monoisotopic (exact) mass is 349 g/mol. The molecule has 2 aromatic carbocycles. The van der Waals surface area contributed by atoms with Gasteiger partial charge in [0.25, 0.3) is 5.91 Å². The fourth-order valence-corrected chi connectivity index (χ4v) is 4.19. The van der Waals surface area contributed by atoms with E-state index in [9.17, 15) is 9.70 Å². The van der Waals surface area contributed by atoms with Gasteiger partial charge in [-0.1, -0.05) is 30.3 Å². The Morgan fingerprint density at radius 2 is 2.04 bits per heavy atom. The Kier molecular flexibility index (Phi) is 4.11. The summed E-state index contributed by atoms with van der Waals surface area (Å²) in [5.41, 5.74) is 8.75. The lowest BCUT2D eigenvalue weighted by atomic mass is 9.85. The first kappa shape index (κ1) is 16.9. The van der Waals surface area contributed by atoms with E-state index in [2.05, 4.69) is 54.4 Å². The van der Waals surface area contributed by atoms with Crippen LogP contribution in [-0.2, 0) is 17.8 Å². The number of nitrogens with zero attached hydrogens (tertiary/aromatic N) is 2. The van der Waals surface area contributed by atoms with E-state index in [4.69, 9.17) is 0 Å². The van der Waals surface area contributed by atoms with E-state index in [1.54, 1.807) is 0 Å². The Hall–Kier alpha value is -2.53. The van der Waals surface area contributed by atoms with Crippen LogP contribution in [-0.4, -0.2) is 23.9 Å². The molecular weight excluding hydrogens is 326 g/mol. The number of amides is 1. The zero-order valence-corrected chi connectivity index (χ0v) is 15.4. The molecule has 2 aromatic rings. The van der Waals surface area contributed by atoms with Crippen LogP contribution in [0.3, 0.4) is 0 Å². The lowest BCUT2D eigenvalue weighted by Crippen LogP contribution is -2.31. The molecule has 0 saturated heterocycles. The van der Waals surface area contributed by atoms with Crippen LogP contribution >= 0.6 is 0 Å². The topological polar surface area (TPSA) is 61.8 Å². The maximum Gasteiger partial charge on any atom is 0.257 e. The third kappa shape index (κ3) is 2.46. The first-order valence-electron chi connectivity index (χ1n) is 9.16. The fraction of sp³-hybridized carbons (Fsp3) is 0.381. The second-order valence-electron chi connectivity index (χ2n) is 7.21. The van der Waals surface area contributed by atoms with Gasteiger partial charge in [0.1, 0.15) is 0 Å². The van der Waals surface area contributed by atoms with Gasteiger partial charge >= 0.3 is 0 Å². The van der Waals surface area contributed by atoms with Gasteiger partial charge in [-0.25, -0.2) is 0 Å². The number of hydrogen-bond donors (Lipinski definition) is 1. The summed E-state index contributed by atoms with van der Waals surface area (Å²) in [7, 11) is 0. The zero-order valence-electron chi connectivity index (χ0n) is 15.4. The van der Waals surface area contributed by atoms with Crippen molar-refractivity contribution in [2.75, 3.05) is 18.4 Å². The number of aryl methyl sites for hydroxylation is 1. The van der Waals surface area contributed by atoms with Crippen molar-refractivity contribution < 1.29 is 4.79 Å². The first-order valence-corrected chi connectivity index (χ1v) is 9.16.